The fourth-order valence-electron chi connectivity index (χ4n) is 3.09. The van der Waals surface area contributed by atoms with E-state index in [-0.39, 0.29) is 30.3 Å². The third-order valence-electron chi connectivity index (χ3n) is 5.04. The average molecular weight is 458 g/mol. The highest BCUT2D eigenvalue weighted by Crippen LogP contribution is 2.32. The molecule has 9 heteroatoms. The second kappa shape index (κ2) is 9.04. The van der Waals surface area contributed by atoms with Crippen LogP contribution in [0.1, 0.15) is 29.9 Å². The summed E-state index contributed by atoms with van der Waals surface area (Å²) < 4.78 is 45.0. The molecule has 8 nitrogen and oxygen atoms in total. The van der Waals surface area contributed by atoms with E-state index in [1.54, 1.807) is 55.5 Å². The van der Waals surface area contributed by atoms with Gasteiger partial charge in [0.1, 0.15) is 11.5 Å². The van der Waals surface area contributed by atoms with Crippen LogP contribution in [0.2, 0.25) is 0 Å². The lowest BCUT2D eigenvalue weighted by Crippen LogP contribution is -2.08. The first-order valence-electron chi connectivity index (χ1n) is 10.1. The van der Waals surface area contributed by atoms with E-state index in [0.717, 1.165) is 12.8 Å². The Morgan fingerprint density at radius 1 is 1.00 bits per heavy atom. The lowest BCUT2D eigenvalue weighted by Gasteiger charge is -2.08. The molecule has 0 spiro atoms. The van der Waals surface area contributed by atoms with Crippen LogP contribution in [0.3, 0.4) is 0 Å². The highest BCUT2D eigenvalue weighted by atomic mass is 32.2. The van der Waals surface area contributed by atoms with E-state index in [0.29, 0.717) is 27.9 Å². The third-order valence-corrected chi connectivity index (χ3v) is 6.94. The van der Waals surface area contributed by atoms with Gasteiger partial charge in [0.25, 0.3) is 0 Å². The highest BCUT2D eigenvalue weighted by Gasteiger charge is 2.29. The maximum Gasteiger partial charge on any atom is 0.519 e. The lowest BCUT2D eigenvalue weighted by atomic mass is 10.1. The number of aryl methyl sites for hydroxylation is 1. The Morgan fingerprint density at radius 2 is 1.62 bits per heavy atom. The molecule has 0 N–H and O–H groups in total. The van der Waals surface area contributed by atoms with Crippen LogP contribution in [-0.2, 0) is 32.4 Å². The van der Waals surface area contributed by atoms with Gasteiger partial charge >= 0.3 is 11.8 Å². The van der Waals surface area contributed by atoms with Crippen molar-refractivity contribution in [1.29, 1.82) is 0 Å². The van der Waals surface area contributed by atoms with Crippen molar-refractivity contribution in [2.45, 2.75) is 37.7 Å². The van der Waals surface area contributed by atoms with E-state index in [1.165, 1.54) is 0 Å². The second-order valence-corrected chi connectivity index (χ2v) is 9.75. The van der Waals surface area contributed by atoms with Crippen LogP contribution in [0.25, 0.3) is 0 Å². The topological polar surface area (TPSA) is 113 Å². The number of rotatable bonds is 9. The van der Waals surface area contributed by atoms with Crippen molar-refractivity contribution < 1.29 is 31.5 Å². The molecule has 0 amide bonds. The molecule has 0 unspecified atom stereocenters. The number of sulfone groups is 1. The first kappa shape index (κ1) is 21.9. The molecule has 0 bridgehead atoms. The number of benzene rings is 2. The standard InChI is InChI=1S/C23H22O8S/c1-15-21(31-23(25)29-15)13-28-22(24)12-16-4-6-18(7-5-16)30-19-8-10-20(11-9-19)32(26,27)14-17-2-3-17/h4-11,17H,2-3,12-14H2,1H3. The predicted octanol–water partition coefficient (Wildman–Crippen LogP) is 3.80. The fourth-order valence-corrected chi connectivity index (χ4v) is 4.78. The summed E-state index contributed by atoms with van der Waals surface area (Å²) >= 11 is 0. The monoisotopic (exact) mass is 458 g/mol. The van der Waals surface area contributed by atoms with Gasteiger partial charge in [-0.2, -0.15) is 0 Å². The number of esters is 1. The van der Waals surface area contributed by atoms with Crippen LogP contribution in [-0.4, -0.2) is 20.1 Å². The molecule has 0 atom stereocenters. The molecule has 0 radical (unpaired) electrons. The zero-order valence-corrected chi connectivity index (χ0v) is 18.2. The van der Waals surface area contributed by atoms with E-state index in [2.05, 4.69) is 0 Å². The average Bonchev–Trinajstić information content (AvgIpc) is 3.49. The van der Waals surface area contributed by atoms with Crippen LogP contribution in [0.15, 0.2) is 67.1 Å². The van der Waals surface area contributed by atoms with Crippen molar-refractivity contribution in [2.24, 2.45) is 5.92 Å². The summed E-state index contributed by atoms with van der Waals surface area (Å²) in [7, 11) is -3.25. The lowest BCUT2D eigenvalue weighted by molar-refractivity contribution is -0.144. The van der Waals surface area contributed by atoms with E-state index in [1.807, 2.05) is 0 Å². The fraction of sp³-hybridized carbons (Fsp3) is 0.304. The molecule has 4 rings (SSSR count). The highest BCUT2D eigenvalue weighted by molar-refractivity contribution is 7.91. The van der Waals surface area contributed by atoms with E-state index in [9.17, 15) is 18.0 Å². The van der Waals surface area contributed by atoms with Crippen molar-refractivity contribution in [3.8, 4) is 11.5 Å². The molecule has 1 heterocycles. The summed E-state index contributed by atoms with van der Waals surface area (Å²) in [4.78, 5) is 23.3. The minimum atomic E-state index is -3.25. The Balaban J connectivity index is 1.30. The summed E-state index contributed by atoms with van der Waals surface area (Å²) in [5.41, 5.74) is 0.717. The van der Waals surface area contributed by atoms with Crippen LogP contribution >= 0.6 is 0 Å². The summed E-state index contributed by atoms with van der Waals surface area (Å²) in [5, 5.41) is 0. The van der Waals surface area contributed by atoms with Crippen LogP contribution in [0.4, 0.5) is 0 Å². The van der Waals surface area contributed by atoms with Crippen LogP contribution < -0.4 is 10.6 Å². The molecule has 0 aliphatic heterocycles. The van der Waals surface area contributed by atoms with Crippen LogP contribution in [0.5, 0.6) is 11.5 Å². The Kier molecular flexibility index (Phi) is 6.18. The number of carbonyl (C=O) groups is 1. The Hall–Kier alpha value is -3.33. The van der Waals surface area contributed by atoms with Crippen molar-refractivity contribution in [1.82, 2.24) is 0 Å². The van der Waals surface area contributed by atoms with Gasteiger partial charge in [-0.1, -0.05) is 12.1 Å². The van der Waals surface area contributed by atoms with Crippen molar-refractivity contribution in [3.63, 3.8) is 0 Å². The summed E-state index contributed by atoms with van der Waals surface area (Å²) in [6.45, 7) is 1.37. The number of ether oxygens (including phenoxy) is 2. The zero-order valence-electron chi connectivity index (χ0n) is 17.4. The van der Waals surface area contributed by atoms with Gasteiger partial charge in [0.15, 0.2) is 28.0 Å². The first-order valence-corrected chi connectivity index (χ1v) is 11.8. The number of hydrogen-bond acceptors (Lipinski definition) is 8. The Morgan fingerprint density at radius 3 is 2.19 bits per heavy atom. The summed E-state index contributed by atoms with van der Waals surface area (Å²) in [5.74, 6) is 0.695. The van der Waals surface area contributed by atoms with Crippen molar-refractivity contribution in [3.05, 3.63) is 76.2 Å². The van der Waals surface area contributed by atoms with Gasteiger partial charge in [0.05, 0.1) is 17.1 Å². The number of hydrogen-bond donors (Lipinski definition) is 0. The van der Waals surface area contributed by atoms with Gasteiger partial charge in [-0.3, -0.25) is 4.79 Å². The SMILES string of the molecule is Cc1oc(=O)oc1COC(=O)Cc1ccc(Oc2ccc(S(=O)(=O)CC3CC3)cc2)cc1. The van der Waals surface area contributed by atoms with Gasteiger partial charge in [0.2, 0.25) is 0 Å². The van der Waals surface area contributed by atoms with Gasteiger partial charge in [-0.05, 0) is 67.6 Å². The van der Waals surface area contributed by atoms with E-state index < -0.39 is 21.6 Å². The van der Waals surface area contributed by atoms with Gasteiger partial charge in [-0.15, -0.1) is 0 Å². The maximum atomic E-state index is 12.3. The summed E-state index contributed by atoms with van der Waals surface area (Å²) in [6, 6.07) is 13.2. The normalized spacial score (nSPS) is 13.7. The first-order chi connectivity index (χ1) is 15.3. The molecule has 0 saturated heterocycles. The van der Waals surface area contributed by atoms with Crippen molar-refractivity contribution >= 4 is 15.8 Å². The molecule has 1 saturated carbocycles. The van der Waals surface area contributed by atoms with E-state index >= 15 is 0 Å². The minimum absolute atomic E-state index is 0.0367. The molecule has 1 aliphatic carbocycles. The largest absolute Gasteiger partial charge is 0.519 e. The second-order valence-electron chi connectivity index (χ2n) is 7.71. The van der Waals surface area contributed by atoms with Gasteiger partial charge in [0, 0.05) is 0 Å². The molecular formula is C23H22O8S. The molecule has 1 fully saturated rings. The molecule has 1 aromatic heterocycles. The Labute approximate surface area is 184 Å². The number of carbonyl (C=O) groups excluding carboxylic acids is 1. The van der Waals surface area contributed by atoms with Gasteiger partial charge in [-0.25, -0.2) is 13.2 Å². The molecular weight excluding hydrogens is 436 g/mol. The molecule has 1 aliphatic rings. The Bertz CT molecular complexity index is 1250. The third kappa shape index (κ3) is 5.67. The molecule has 2 aromatic carbocycles. The molecule has 168 valence electrons. The molecule has 3 aromatic rings. The summed E-state index contributed by atoms with van der Waals surface area (Å²) in [6.07, 6.45) is 2.00. The smallest absolute Gasteiger partial charge is 0.457 e. The minimum Gasteiger partial charge on any atom is -0.457 e. The van der Waals surface area contributed by atoms with Gasteiger partial charge < -0.3 is 18.3 Å². The van der Waals surface area contributed by atoms with Crippen LogP contribution in [0, 0.1) is 12.8 Å². The predicted molar refractivity (Wildman–Crippen MR) is 113 cm³/mol. The zero-order chi connectivity index (χ0) is 22.7. The van der Waals surface area contributed by atoms with E-state index in [4.69, 9.17) is 18.3 Å². The quantitative estimate of drug-likeness (QED) is 0.445. The van der Waals surface area contributed by atoms with Crippen molar-refractivity contribution in [2.75, 3.05) is 5.75 Å². The molecule has 32 heavy (non-hydrogen) atoms. The maximum absolute atomic E-state index is 12.3.